The SMILES string of the molecule is CC(C)(C(=O)O)C(O)CC1CCCCC1. The van der Waals surface area contributed by atoms with Gasteiger partial charge in [-0.3, -0.25) is 4.79 Å². The van der Waals surface area contributed by atoms with Crippen LogP contribution in [0.3, 0.4) is 0 Å². The highest BCUT2D eigenvalue weighted by molar-refractivity contribution is 5.74. The molecule has 0 heterocycles. The third-order valence-electron chi connectivity index (χ3n) is 3.67. The van der Waals surface area contributed by atoms with Crippen LogP contribution in [0, 0.1) is 11.3 Å². The van der Waals surface area contributed by atoms with Crippen molar-refractivity contribution in [3.63, 3.8) is 0 Å². The van der Waals surface area contributed by atoms with Gasteiger partial charge in [0.25, 0.3) is 0 Å². The molecule has 1 saturated carbocycles. The van der Waals surface area contributed by atoms with E-state index in [1.54, 1.807) is 13.8 Å². The summed E-state index contributed by atoms with van der Waals surface area (Å²) in [4.78, 5) is 10.9. The molecular formula is C12H22O3. The maximum absolute atomic E-state index is 10.9. The first-order valence-electron chi connectivity index (χ1n) is 5.86. The average molecular weight is 214 g/mol. The fourth-order valence-electron chi connectivity index (χ4n) is 2.18. The average Bonchev–Trinajstić information content (AvgIpc) is 2.18. The summed E-state index contributed by atoms with van der Waals surface area (Å²) in [6.07, 6.45) is 5.95. The standard InChI is InChI=1S/C12H22O3/c1-12(2,11(14)15)10(13)8-9-6-4-3-5-7-9/h9-10,13H,3-8H2,1-2H3,(H,14,15). The molecule has 0 radical (unpaired) electrons. The number of carboxylic acids is 1. The predicted molar refractivity (Wildman–Crippen MR) is 58.6 cm³/mol. The van der Waals surface area contributed by atoms with Gasteiger partial charge in [0.05, 0.1) is 11.5 Å². The molecule has 1 aliphatic carbocycles. The van der Waals surface area contributed by atoms with Gasteiger partial charge in [0.2, 0.25) is 0 Å². The quantitative estimate of drug-likeness (QED) is 0.755. The topological polar surface area (TPSA) is 57.5 Å². The third kappa shape index (κ3) is 3.20. The van der Waals surface area contributed by atoms with Gasteiger partial charge < -0.3 is 10.2 Å². The van der Waals surface area contributed by atoms with Crippen molar-refractivity contribution in [2.24, 2.45) is 11.3 Å². The molecule has 0 spiro atoms. The summed E-state index contributed by atoms with van der Waals surface area (Å²) in [5.74, 6) is -0.391. The first-order chi connectivity index (χ1) is 6.94. The number of hydrogen-bond acceptors (Lipinski definition) is 2. The van der Waals surface area contributed by atoms with Crippen LogP contribution >= 0.6 is 0 Å². The van der Waals surface area contributed by atoms with Gasteiger partial charge in [0.1, 0.15) is 0 Å². The fraction of sp³-hybridized carbons (Fsp3) is 0.917. The zero-order chi connectivity index (χ0) is 11.5. The van der Waals surface area contributed by atoms with E-state index in [0.29, 0.717) is 12.3 Å². The largest absolute Gasteiger partial charge is 0.481 e. The molecule has 1 fully saturated rings. The lowest BCUT2D eigenvalue weighted by molar-refractivity contribution is -0.154. The number of aliphatic hydroxyl groups is 1. The lowest BCUT2D eigenvalue weighted by Crippen LogP contribution is -2.38. The predicted octanol–water partition coefficient (Wildman–Crippen LogP) is 2.43. The Morgan fingerprint density at radius 3 is 2.33 bits per heavy atom. The number of rotatable bonds is 4. The molecular weight excluding hydrogens is 192 g/mol. The molecule has 0 aromatic rings. The van der Waals surface area contributed by atoms with E-state index in [4.69, 9.17) is 5.11 Å². The van der Waals surface area contributed by atoms with Crippen molar-refractivity contribution >= 4 is 5.97 Å². The van der Waals surface area contributed by atoms with Crippen molar-refractivity contribution in [2.45, 2.75) is 58.5 Å². The van der Waals surface area contributed by atoms with Crippen LogP contribution in [0.4, 0.5) is 0 Å². The molecule has 0 amide bonds. The zero-order valence-corrected chi connectivity index (χ0v) is 9.70. The fourth-order valence-corrected chi connectivity index (χ4v) is 2.18. The van der Waals surface area contributed by atoms with Gasteiger partial charge in [-0.1, -0.05) is 32.1 Å². The summed E-state index contributed by atoms with van der Waals surface area (Å²) in [6, 6.07) is 0. The van der Waals surface area contributed by atoms with Gasteiger partial charge in [-0.15, -0.1) is 0 Å². The van der Waals surface area contributed by atoms with Crippen molar-refractivity contribution in [1.29, 1.82) is 0 Å². The van der Waals surface area contributed by atoms with Crippen molar-refractivity contribution in [3.05, 3.63) is 0 Å². The number of carbonyl (C=O) groups is 1. The van der Waals surface area contributed by atoms with Crippen LogP contribution in [0.1, 0.15) is 52.4 Å². The van der Waals surface area contributed by atoms with Crippen LogP contribution < -0.4 is 0 Å². The summed E-state index contributed by atoms with van der Waals surface area (Å²) >= 11 is 0. The van der Waals surface area contributed by atoms with E-state index < -0.39 is 17.5 Å². The van der Waals surface area contributed by atoms with Crippen molar-refractivity contribution in [3.8, 4) is 0 Å². The van der Waals surface area contributed by atoms with Crippen LogP contribution in [-0.2, 0) is 4.79 Å². The second-order valence-corrected chi connectivity index (χ2v) is 5.28. The van der Waals surface area contributed by atoms with Gasteiger partial charge >= 0.3 is 5.97 Å². The Bertz CT molecular complexity index is 217. The lowest BCUT2D eigenvalue weighted by atomic mass is 9.77. The van der Waals surface area contributed by atoms with E-state index in [0.717, 1.165) is 12.8 Å². The summed E-state index contributed by atoms with van der Waals surface area (Å²) in [5.41, 5.74) is -1.02. The molecule has 0 aromatic heterocycles. The Kier molecular flexibility index (Phi) is 4.14. The molecule has 2 N–H and O–H groups in total. The van der Waals surface area contributed by atoms with Crippen molar-refractivity contribution < 1.29 is 15.0 Å². The molecule has 0 bridgehead atoms. The van der Waals surface area contributed by atoms with Gasteiger partial charge in [0, 0.05) is 0 Å². The highest BCUT2D eigenvalue weighted by Crippen LogP contribution is 2.32. The van der Waals surface area contributed by atoms with Crippen molar-refractivity contribution in [1.82, 2.24) is 0 Å². The summed E-state index contributed by atoms with van der Waals surface area (Å²) in [7, 11) is 0. The number of carboxylic acid groups (broad SMARTS) is 1. The summed E-state index contributed by atoms with van der Waals surface area (Å²) in [6.45, 7) is 3.20. The van der Waals surface area contributed by atoms with E-state index >= 15 is 0 Å². The van der Waals surface area contributed by atoms with Gasteiger partial charge in [-0.05, 0) is 26.2 Å². The minimum absolute atomic E-state index is 0.521. The van der Waals surface area contributed by atoms with E-state index in [1.807, 2.05) is 0 Å². The van der Waals surface area contributed by atoms with Gasteiger partial charge in [-0.2, -0.15) is 0 Å². The molecule has 0 aliphatic heterocycles. The second kappa shape index (κ2) is 4.97. The molecule has 1 atom stereocenters. The first-order valence-corrected chi connectivity index (χ1v) is 5.86. The number of aliphatic carboxylic acids is 1. The number of aliphatic hydroxyl groups excluding tert-OH is 1. The molecule has 0 saturated heterocycles. The van der Waals surface area contributed by atoms with E-state index in [9.17, 15) is 9.90 Å². The van der Waals surface area contributed by atoms with Crippen LogP contribution in [-0.4, -0.2) is 22.3 Å². The number of hydrogen-bond donors (Lipinski definition) is 2. The van der Waals surface area contributed by atoms with Gasteiger partial charge in [-0.25, -0.2) is 0 Å². The molecule has 3 nitrogen and oxygen atoms in total. The third-order valence-corrected chi connectivity index (χ3v) is 3.67. The van der Waals surface area contributed by atoms with Crippen LogP contribution in [0.25, 0.3) is 0 Å². The molecule has 1 rings (SSSR count). The monoisotopic (exact) mass is 214 g/mol. The van der Waals surface area contributed by atoms with Crippen LogP contribution in [0.15, 0.2) is 0 Å². The summed E-state index contributed by atoms with van der Waals surface area (Å²) < 4.78 is 0. The highest BCUT2D eigenvalue weighted by Gasteiger charge is 2.36. The van der Waals surface area contributed by atoms with Gasteiger partial charge in [0.15, 0.2) is 0 Å². The summed E-state index contributed by atoms with van der Waals surface area (Å²) in [5, 5.41) is 18.9. The normalized spacial score (nSPS) is 21.3. The molecule has 15 heavy (non-hydrogen) atoms. The van der Waals surface area contributed by atoms with E-state index in [-0.39, 0.29) is 0 Å². The molecule has 1 aliphatic rings. The second-order valence-electron chi connectivity index (χ2n) is 5.28. The minimum atomic E-state index is -1.02. The first kappa shape index (κ1) is 12.5. The molecule has 1 unspecified atom stereocenters. The van der Waals surface area contributed by atoms with Crippen LogP contribution in [0.2, 0.25) is 0 Å². The Morgan fingerprint density at radius 2 is 1.87 bits per heavy atom. The Morgan fingerprint density at radius 1 is 1.33 bits per heavy atom. The Balaban J connectivity index is 2.46. The van der Waals surface area contributed by atoms with Crippen molar-refractivity contribution in [2.75, 3.05) is 0 Å². The smallest absolute Gasteiger partial charge is 0.311 e. The van der Waals surface area contributed by atoms with Crippen LogP contribution in [0.5, 0.6) is 0 Å². The minimum Gasteiger partial charge on any atom is -0.481 e. The zero-order valence-electron chi connectivity index (χ0n) is 9.70. The Hall–Kier alpha value is -0.570. The molecule has 3 heteroatoms. The molecule has 0 aromatic carbocycles. The Labute approximate surface area is 91.5 Å². The maximum atomic E-state index is 10.9. The highest BCUT2D eigenvalue weighted by atomic mass is 16.4. The van der Waals surface area contributed by atoms with E-state index in [1.165, 1.54) is 19.3 Å². The maximum Gasteiger partial charge on any atom is 0.311 e. The molecule has 88 valence electrons. The lowest BCUT2D eigenvalue weighted by Gasteiger charge is -2.30. The van der Waals surface area contributed by atoms with E-state index in [2.05, 4.69) is 0 Å².